The van der Waals surface area contributed by atoms with Gasteiger partial charge in [0.2, 0.25) is 0 Å². The fourth-order valence-corrected chi connectivity index (χ4v) is 1.71. The van der Waals surface area contributed by atoms with Gasteiger partial charge in [-0.1, -0.05) is 12.1 Å². The average Bonchev–Trinajstić information content (AvgIpc) is 2.43. The fourth-order valence-electron chi connectivity index (χ4n) is 1.71. The number of benzene rings is 1. The Morgan fingerprint density at radius 3 is 2.45 bits per heavy atom. The molecule has 0 aliphatic rings. The van der Waals surface area contributed by atoms with E-state index in [1.165, 1.54) is 19.2 Å². The third kappa shape index (κ3) is 3.08. The molecule has 1 amide bonds. The minimum absolute atomic E-state index is 0.426. The molecule has 1 aromatic heterocycles. The van der Waals surface area contributed by atoms with E-state index in [0.29, 0.717) is 0 Å². The second-order valence-electron chi connectivity index (χ2n) is 4.38. The summed E-state index contributed by atoms with van der Waals surface area (Å²) in [4.78, 5) is 36.8. The summed E-state index contributed by atoms with van der Waals surface area (Å²) in [5, 5.41) is 2.03. The quantitative estimate of drug-likeness (QED) is 0.877. The van der Waals surface area contributed by atoms with Crippen LogP contribution in [0.25, 0.3) is 0 Å². The van der Waals surface area contributed by atoms with Gasteiger partial charge in [-0.25, -0.2) is 4.79 Å². The summed E-state index contributed by atoms with van der Waals surface area (Å²) in [6, 6.07) is 5.20. The molecule has 22 heavy (non-hydrogen) atoms. The highest BCUT2D eigenvalue weighted by atomic mass is 19.4. The van der Waals surface area contributed by atoms with Crippen molar-refractivity contribution in [3.63, 3.8) is 0 Å². The lowest BCUT2D eigenvalue weighted by molar-refractivity contribution is -0.136. The molecule has 6 nitrogen and oxygen atoms in total. The van der Waals surface area contributed by atoms with Gasteiger partial charge in [0.1, 0.15) is 5.69 Å². The van der Waals surface area contributed by atoms with Crippen LogP contribution in [0.2, 0.25) is 0 Å². The molecule has 0 atom stereocenters. The number of alkyl halides is 3. The second-order valence-corrected chi connectivity index (χ2v) is 4.38. The number of aromatic nitrogens is 2. The molecule has 0 unspecified atom stereocenters. The number of nitrogens with zero attached hydrogens (tertiary/aromatic N) is 1. The highest BCUT2D eigenvalue weighted by Gasteiger charge is 2.33. The molecule has 0 saturated carbocycles. The van der Waals surface area contributed by atoms with Gasteiger partial charge in [0.25, 0.3) is 11.5 Å². The first-order chi connectivity index (χ1) is 10.2. The molecule has 0 spiro atoms. The van der Waals surface area contributed by atoms with Crippen molar-refractivity contribution >= 4 is 11.6 Å². The van der Waals surface area contributed by atoms with Crippen molar-refractivity contribution in [2.24, 2.45) is 7.05 Å². The third-order valence-corrected chi connectivity index (χ3v) is 2.87. The van der Waals surface area contributed by atoms with Crippen molar-refractivity contribution in [2.75, 3.05) is 5.32 Å². The molecule has 116 valence electrons. The first kappa shape index (κ1) is 15.5. The number of anilines is 1. The highest BCUT2D eigenvalue weighted by Crippen LogP contribution is 2.34. The summed E-state index contributed by atoms with van der Waals surface area (Å²) >= 11 is 0. The van der Waals surface area contributed by atoms with Crippen LogP contribution < -0.4 is 16.6 Å². The number of amides is 1. The molecule has 0 aliphatic carbocycles. The predicted octanol–water partition coefficient (Wildman–Crippen LogP) is 1.34. The fraction of sp³-hybridized carbons (Fsp3) is 0.154. The lowest BCUT2D eigenvalue weighted by Crippen LogP contribution is -2.35. The van der Waals surface area contributed by atoms with Gasteiger partial charge in [-0.2, -0.15) is 13.2 Å². The Balaban J connectivity index is 2.39. The van der Waals surface area contributed by atoms with Gasteiger partial charge in [0, 0.05) is 13.1 Å². The Labute approximate surface area is 121 Å². The summed E-state index contributed by atoms with van der Waals surface area (Å²) in [5.41, 5.74) is -3.53. The number of nitrogens with one attached hydrogen (secondary N) is 2. The van der Waals surface area contributed by atoms with Crippen LogP contribution in [-0.2, 0) is 13.2 Å². The summed E-state index contributed by atoms with van der Waals surface area (Å²) in [7, 11) is 1.20. The van der Waals surface area contributed by atoms with Crippen LogP contribution in [0.1, 0.15) is 16.1 Å². The molecule has 0 bridgehead atoms. The van der Waals surface area contributed by atoms with Gasteiger partial charge >= 0.3 is 11.9 Å². The molecular weight excluding hydrogens is 303 g/mol. The first-order valence-corrected chi connectivity index (χ1v) is 5.98. The number of H-pyrrole nitrogens is 1. The molecule has 0 saturated heterocycles. The minimum atomic E-state index is -4.65. The van der Waals surface area contributed by atoms with E-state index in [1.807, 2.05) is 5.32 Å². The standard InChI is InChI=1S/C13H10F3N3O3/c1-19-10(20)6-9(18-12(19)22)11(21)17-8-5-3-2-4-7(8)13(14,15)16/h2-6H,1H3,(H,17,21)(H,18,22). The van der Waals surface area contributed by atoms with Gasteiger partial charge in [-0.3, -0.25) is 14.2 Å². The van der Waals surface area contributed by atoms with Crippen molar-refractivity contribution in [2.45, 2.75) is 6.18 Å². The van der Waals surface area contributed by atoms with Crippen LogP contribution in [0.3, 0.4) is 0 Å². The van der Waals surface area contributed by atoms with E-state index >= 15 is 0 Å². The van der Waals surface area contributed by atoms with Gasteiger partial charge in [0.05, 0.1) is 11.3 Å². The Kier molecular flexibility index (Phi) is 3.89. The molecule has 0 fully saturated rings. The number of hydrogen-bond donors (Lipinski definition) is 2. The van der Waals surface area contributed by atoms with Crippen molar-refractivity contribution in [1.82, 2.24) is 9.55 Å². The second kappa shape index (κ2) is 5.51. The van der Waals surface area contributed by atoms with E-state index < -0.39 is 40.3 Å². The number of aromatic amines is 1. The van der Waals surface area contributed by atoms with Crippen LogP contribution in [0.15, 0.2) is 39.9 Å². The van der Waals surface area contributed by atoms with Crippen LogP contribution in [0.4, 0.5) is 18.9 Å². The molecule has 2 rings (SSSR count). The number of para-hydroxylation sites is 1. The zero-order valence-corrected chi connectivity index (χ0v) is 11.2. The number of carbonyl (C=O) groups is 1. The van der Waals surface area contributed by atoms with Gasteiger partial charge in [-0.05, 0) is 12.1 Å². The molecule has 1 heterocycles. The lowest BCUT2D eigenvalue weighted by atomic mass is 10.1. The van der Waals surface area contributed by atoms with Crippen molar-refractivity contribution in [3.8, 4) is 0 Å². The molecular formula is C13H10F3N3O3. The van der Waals surface area contributed by atoms with E-state index in [4.69, 9.17) is 0 Å². The maximum absolute atomic E-state index is 12.8. The van der Waals surface area contributed by atoms with Crippen molar-refractivity contribution in [1.29, 1.82) is 0 Å². The van der Waals surface area contributed by atoms with Crippen LogP contribution in [-0.4, -0.2) is 15.5 Å². The highest BCUT2D eigenvalue weighted by molar-refractivity contribution is 6.03. The first-order valence-electron chi connectivity index (χ1n) is 5.98. The molecule has 9 heteroatoms. The zero-order valence-electron chi connectivity index (χ0n) is 11.2. The summed E-state index contributed by atoms with van der Waals surface area (Å²) in [5.74, 6) is -1.02. The third-order valence-electron chi connectivity index (χ3n) is 2.87. The largest absolute Gasteiger partial charge is 0.418 e. The monoisotopic (exact) mass is 313 g/mol. The SMILES string of the molecule is Cn1c(=O)cc(C(=O)Nc2ccccc2C(F)(F)F)[nH]c1=O. The van der Waals surface area contributed by atoms with Crippen LogP contribution >= 0.6 is 0 Å². The van der Waals surface area contributed by atoms with Crippen LogP contribution in [0.5, 0.6) is 0 Å². The van der Waals surface area contributed by atoms with Gasteiger partial charge < -0.3 is 10.3 Å². The van der Waals surface area contributed by atoms with E-state index in [-0.39, 0.29) is 0 Å². The van der Waals surface area contributed by atoms with Crippen molar-refractivity contribution < 1.29 is 18.0 Å². The molecule has 2 N–H and O–H groups in total. The Morgan fingerprint density at radius 2 is 1.86 bits per heavy atom. The summed E-state index contributed by atoms with van der Waals surface area (Å²) < 4.78 is 39.2. The number of halogens is 3. The van der Waals surface area contributed by atoms with Crippen molar-refractivity contribution in [3.05, 3.63) is 62.4 Å². The lowest BCUT2D eigenvalue weighted by Gasteiger charge is -2.13. The topological polar surface area (TPSA) is 84.0 Å². The predicted molar refractivity (Wildman–Crippen MR) is 71.7 cm³/mol. The average molecular weight is 313 g/mol. The minimum Gasteiger partial charge on any atom is -0.320 e. The number of rotatable bonds is 2. The Morgan fingerprint density at radius 1 is 1.23 bits per heavy atom. The molecule has 0 aliphatic heterocycles. The van der Waals surface area contributed by atoms with E-state index in [2.05, 4.69) is 4.98 Å². The Bertz CT molecular complexity index is 805. The van der Waals surface area contributed by atoms with Gasteiger partial charge in [-0.15, -0.1) is 0 Å². The maximum atomic E-state index is 12.8. The number of hydrogen-bond acceptors (Lipinski definition) is 3. The van der Waals surface area contributed by atoms with E-state index in [1.54, 1.807) is 0 Å². The summed E-state index contributed by atoms with van der Waals surface area (Å²) in [6.07, 6.45) is -4.65. The van der Waals surface area contributed by atoms with E-state index in [0.717, 1.165) is 22.8 Å². The molecule has 0 radical (unpaired) electrons. The summed E-state index contributed by atoms with van der Waals surface area (Å²) in [6.45, 7) is 0. The smallest absolute Gasteiger partial charge is 0.320 e. The maximum Gasteiger partial charge on any atom is 0.418 e. The zero-order chi connectivity index (χ0) is 16.5. The van der Waals surface area contributed by atoms with Gasteiger partial charge in [0.15, 0.2) is 0 Å². The Hall–Kier alpha value is -2.84. The van der Waals surface area contributed by atoms with E-state index in [9.17, 15) is 27.6 Å². The van der Waals surface area contributed by atoms with Crippen LogP contribution in [0, 0.1) is 0 Å². The number of carbonyl (C=O) groups excluding carboxylic acids is 1. The molecule has 2 aromatic rings. The normalized spacial score (nSPS) is 11.3. The molecule has 1 aromatic carbocycles.